The van der Waals surface area contributed by atoms with E-state index in [-0.39, 0.29) is 17.9 Å². The normalized spacial score (nSPS) is 15.7. The summed E-state index contributed by atoms with van der Waals surface area (Å²) in [6.45, 7) is 6.45. The maximum absolute atomic E-state index is 12.8. The molecule has 1 aliphatic rings. The standard InChI is InChI=1S/C25H31N3O3/c1-3-4-17-30-21-11-9-19(10-12-21)18(2)26-24(29)20-13-15-28(16-14-20)25-27-22-7-5-6-8-23(22)31-25/h5-12,18,20H,3-4,13-17H2,1-2H3,(H,26,29). The number of carbonyl (C=O) groups excluding carboxylic acids is 1. The van der Waals surface area contributed by atoms with Crippen molar-refractivity contribution in [2.45, 2.75) is 45.6 Å². The Labute approximate surface area is 183 Å². The van der Waals surface area contributed by atoms with Crippen LogP contribution < -0.4 is 15.0 Å². The van der Waals surface area contributed by atoms with E-state index in [4.69, 9.17) is 9.15 Å². The maximum atomic E-state index is 12.8. The topological polar surface area (TPSA) is 67.6 Å². The molecule has 0 bridgehead atoms. The number of fused-ring (bicyclic) bond motifs is 1. The van der Waals surface area contributed by atoms with Crippen LogP contribution >= 0.6 is 0 Å². The van der Waals surface area contributed by atoms with E-state index in [1.807, 2.05) is 55.5 Å². The Bertz CT molecular complexity index is 958. The monoisotopic (exact) mass is 421 g/mol. The number of rotatable bonds is 8. The van der Waals surface area contributed by atoms with Crippen LogP contribution in [0.3, 0.4) is 0 Å². The Morgan fingerprint density at radius 1 is 1.19 bits per heavy atom. The minimum atomic E-state index is -0.0349. The number of amides is 1. The maximum Gasteiger partial charge on any atom is 0.298 e. The second-order valence-electron chi connectivity index (χ2n) is 8.23. The second kappa shape index (κ2) is 9.86. The fraction of sp³-hybridized carbons (Fsp3) is 0.440. The van der Waals surface area contributed by atoms with Gasteiger partial charge in [0.1, 0.15) is 11.3 Å². The van der Waals surface area contributed by atoms with Crippen molar-refractivity contribution in [3.05, 3.63) is 54.1 Å². The molecule has 3 aromatic rings. The first-order valence-electron chi connectivity index (χ1n) is 11.3. The highest BCUT2D eigenvalue weighted by Gasteiger charge is 2.28. The molecule has 1 amide bonds. The van der Waals surface area contributed by atoms with Gasteiger partial charge in [0.25, 0.3) is 6.01 Å². The number of para-hydroxylation sites is 2. The van der Waals surface area contributed by atoms with Crippen molar-refractivity contribution in [2.75, 3.05) is 24.6 Å². The van der Waals surface area contributed by atoms with Gasteiger partial charge in [-0.15, -0.1) is 0 Å². The SMILES string of the molecule is CCCCOc1ccc(C(C)NC(=O)C2CCN(c3nc4ccccc4o3)CC2)cc1. The van der Waals surface area contributed by atoms with E-state index in [0.29, 0.717) is 6.01 Å². The number of oxazole rings is 1. The third-order valence-electron chi connectivity index (χ3n) is 5.92. The lowest BCUT2D eigenvalue weighted by Crippen LogP contribution is -2.41. The third-order valence-corrected chi connectivity index (χ3v) is 5.92. The number of ether oxygens (including phenoxy) is 1. The van der Waals surface area contributed by atoms with Crippen molar-refractivity contribution in [3.8, 4) is 5.75 Å². The summed E-state index contributed by atoms with van der Waals surface area (Å²) in [7, 11) is 0. The molecular weight excluding hydrogens is 390 g/mol. The molecule has 164 valence electrons. The number of aromatic nitrogens is 1. The lowest BCUT2D eigenvalue weighted by molar-refractivity contribution is -0.126. The molecular formula is C25H31N3O3. The molecule has 1 aromatic heterocycles. The lowest BCUT2D eigenvalue weighted by atomic mass is 9.95. The molecule has 0 aliphatic carbocycles. The van der Waals surface area contributed by atoms with Crippen LogP contribution in [0.15, 0.2) is 52.9 Å². The fourth-order valence-corrected chi connectivity index (χ4v) is 3.93. The van der Waals surface area contributed by atoms with Crippen molar-refractivity contribution in [1.82, 2.24) is 10.3 Å². The number of nitrogens with one attached hydrogen (secondary N) is 1. The molecule has 1 N–H and O–H groups in total. The van der Waals surface area contributed by atoms with Gasteiger partial charge in [-0.2, -0.15) is 4.98 Å². The first kappa shape index (κ1) is 21.2. The summed E-state index contributed by atoms with van der Waals surface area (Å²) in [5.41, 5.74) is 2.75. The van der Waals surface area contributed by atoms with E-state index in [1.165, 1.54) is 0 Å². The number of hydrogen-bond acceptors (Lipinski definition) is 5. The van der Waals surface area contributed by atoms with Gasteiger partial charge in [-0.1, -0.05) is 37.6 Å². The number of piperidine rings is 1. The number of unbranched alkanes of at least 4 members (excludes halogenated alkanes) is 1. The Morgan fingerprint density at radius 2 is 1.94 bits per heavy atom. The van der Waals surface area contributed by atoms with Crippen molar-refractivity contribution in [1.29, 1.82) is 0 Å². The van der Waals surface area contributed by atoms with Crippen LogP contribution in [-0.2, 0) is 4.79 Å². The first-order valence-corrected chi connectivity index (χ1v) is 11.3. The predicted octanol–water partition coefficient (Wildman–Crippen LogP) is 5.10. The lowest BCUT2D eigenvalue weighted by Gasteiger charge is -2.30. The molecule has 6 nitrogen and oxygen atoms in total. The molecule has 4 rings (SSSR count). The Morgan fingerprint density at radius 3 is 2.65 bits per heavy atom. The molecule has 1 fully saturated rings. The predicted molar refractivity (Wildman–Crippen MR) is 122 cm³/mol. The zero-order valence-electron chi connectivity index (χ0n) is 18.3. The van der Waals surface area contributed by atoms with E-state index in [1.54, 1.807) is 0 Å². The van der Waals surface area contributed by atoms with Crippen molar-refractivity contribution >= 4 is 23.0 Å². The molecule has 31 heavy (non-hydrogen) atoms. The molecule has 1 unspecified atom stereocenters. The molecule has 1 saturated heterocycles. The average Bonchev–Trinajstić information content (AvgIpc) is 3.24. The quantitative estimate of drug-likeness (QED) is 0.513. The first-order chi connectivity index (χ1) is 15.1. The molecule has 0 radical (unpaired) electrons. The van der Waals surface area contributed by atoms with Crippen LogP contribution in [0.4, 0.5) is 6.01 Å². The summed E-state index contributed by atoms with van der Waals surface area (Å²) in [5.74, 6) is 1.01. The number of benzene rings is 2. The van der Waals surface area contributed by atoms with Gasteiger partial charge in [-0.05, 0) is 56.0 Å². The summed E-state index contributed by atoms with van der Waals surface area (Å²) in [6, 6.07) is 16.4. The van der Waals surface area contributed by atoms with Crippen LogP contribution in [0.5, 0.6) is 5.75 Å². The highest BCUT2D eigenvalue weighted by molar-refractivity contribution is 5.79. The molecule has 2 heterocycles. The zero-order valence-corrected chi connectivity index (χ0v) is 18.3. The molecule has 6 heteroatoms. The molecule has 0 saturated carbocycles. The molecule has 2 aromatic carbocycles. The van der Waals surface area contributed by atoms with E-state index < -0.39 is 0 Å². The van der Waals surface area contributed by atoms with Gasteiger partial charge < -0.3 is 19.4 Å². The summed E-state index contributed by atoms with van der Waals surface area (Å²) < 4.78 is 11.6. The van der Waals surface area contributed by atoms with Crippen LogP contribution in [0.1, 0.15) is 51.1 Å². The van der Waals surface area contributed by atoms with Gasteiger partial charge in [0.05, 0.1) is 12.6 Å². The highest BCUT2D eigenvalue weighted by atomic mass is 16.5. The van der Waals surface area contributed by atoms with E-state index >= 15 is 0 Å². The summed E-state index contributed by atoms with van der Waals surface area (Å²) in [4.78, 5) is 19.5. The summed E-state index contributed by atoms with van der Waals surface area (Å²) in [5, 5.41) is 3.18. The Hall–Kier alpha value is -3.02. The minimum Gasteiger partial charge on any atom is -0.494 e. The van der Waals surface area contributed by atoms with Crippen LogP contribution in [0.25, 0.3) is 11.1 Å². The number of hydrogen-bond donors (Lipinski definition) is 1. The van der Waals surface area contributed by atoms with Gasteiger partial charge in [-0.3, -0.25) is 4.79 Å². The highest BCUT2D eigenvalue weighted by Crippen LogP contribution is 2.27. The van der Waals surface area contributed by atoms with Gasteiger partial charge in [0, 0.05) is 19.0 Å². The zero-order chi connectivity index (χ0) is 21.6. The van der Waals surface area contributed by atoms with Gasteiger partial charge in [0.2, 0.25) is 5.91 Å². The van der Waals surface area contributed by atoms with Crippen LogP contribution in [-0.4, -0.2) is 30.6 Å². The Balaban J connectivity index is 1.27. The Kier molecular flexibility index (Phi) is 6.75. The van der Waals surface area contributed by atoms with E-state index in [2.05, 4.69) is 22.1 Å². The third kappa shape index (κ3) is 5.19. The van der Waals surface area contributed by atoms with Crippen molar-refractivity contribution < 1.29 is 13.9 Å². The second-order valence-corrected chi connectivity index (χ2v) is 8.23. The van der Waals surface area contributed by atoms with Gasteiger partial charge >= 0.3 is 0 Å². The molecule has 0 spiro atoms. The van der Waals surface area contributed by atoms with Gasteiger partial charge in [-0.25, -0.2) is 0 Å². The average molecular weight is 422 g/mol. The molecule has 1 aliphatic heterocycles. The van der Waals surface area contributed by atoms with Crippen molar-refractivity contribution in [2.24, 2.45) is 5.92 Å². The minimum absolute atomic E-state index is 0.0136. The van der Waals surface area contributed by atoms with Crippen LogP contribution in [0, 0.1) is 5.92 Å². The number of nitrogens with zero attached hydrogens (tertiary/aromatic N) is 2. The summed E-state index contributed by atoms with van der Waals surface area (Å²) in [6.07, 6.45) is 3.76. The van der Waals surface area contributed by atoms with Crippen molar-refractivity contribution in [3.63, 3.8) is 0 Å². The number of anilines is 1. The van der Waals surface area contributed by atoms with Crippen LogP contribution in [0.2, 0.25) is 0 Å². The van der Waals surface area contributed by atoms with E-state index in [0.717, 1.165) is 67.8 Å². The smallest absolute Gasteiger partial charge is 0.298 e. The summed E-state index contributed by atoms with van der Waals surface area (Å²) >= 11 is 0. The largest absolute Gasteiger partial charge is 0.494 e. The van der Waals surface area contributed by atoms with E-state index in [9.17, 15) is 4.79 Å². The fourth-order valence-electron chi connectivity index (χ4n) is 3.93. The molecule has 1 atom stereocenters. The number of carbonyl (C=O) groups is 1. The van der Waals surface area contributed by atoms with Gasteiger partial charge in [0.15, 0.2) is 5.58 Å².